The second-order valence-corrected chi connectivity index (χ2v) is 6.21. The van der Waals surface area contributed by atoms with Crippen molar-refractivity contribution in [2.45, 2.75) is 32.6 Å². The van der Waals surface area contributed by atoms with Crippen molar-refractivity contribution in [3.8, 4) is 0 Å². The molecule has 1 saturated carbocycles. The highest BCUT2D eigenvalue weighted by Crippen LogP contribution is 2.52. The molecule has 1 aliphatic carbocycles. The van der Waals surface area contributed by atoms with Crippen molar-refractivity contribution in [3.63, 3.8) is 0 Å². The molecule has 3 rings (SSSR count). The Hall–Kier alpha value is -1.69. The number of nitrogens with one attached hydrogen (secondary N) is 1. The fraction of sp³-hybridized carbons (Fsp3) is 0.643. The van der Waals surface area contributed by atoms with Gasteiger partial charge in [-0.1, -0.05) is 6.92 Å². The van der Waals surface area contributed by atoms with Crippen molar-refractivity contribution in [1.82, 2.24) is 15.4 Å². The van der Waals surface area contributed by atoms with Crippen LogP contribution in [0.3, 0.4) is 0 Å². The quantitative estimate of drug-likeness (QED) is 0.634. The average Bonchev–Trinajstić information content (AvgIpc) is 2.46. The Morgan fingerprint density at radius 1 is 1.35 bits per heavy atom. The summed E-state index contributed by atoms with van der Waals surface area (Å²) < 4.78 is 0. The van der Waals surface area contributed by atoms with Crippen LogP contribution < -0.4 is 10.4 Å². The van der Waals surface area contributed by atoms with Gasteiger partial charge in [-0.15, -0.1) is 0 Å². The van der Waals surface area contributed by atoms with Gasteiger partial charge in [-0.25, -0.2) is 15.4 Å². The summed E-state index contributed by atoms with van der Waals surface area (Å²) in [5, 5.41) is 8.55. The van der Waals surface area contributed by atoms with Gasteiger partial charge in [-0.2, -0.15) is 0 Å². The molecule has 108 valence electrons. The van der Waals surface area contributed by atoms with Crippen LogP contribution >= 0.6 is 0 Å². The van der Waals surface area contributed by atoms with Gasteiger partial charge in [0.15, 0.2) is 0 Å². The van der Waals surface area contributed by atoms with Crippen molar-refractivity contribution >= 4 is 11.9 Å². The molecular weight excluding hydrogens is 256 g/mol. The van der Waals surface area contributed by atoms with Gasteiger partial charge in [-0.05, 0) is 37.0 Å². The first-order valence-corrected chi connectivity index (χ1v) is 7.13. The van der Waals surface area contributed by atoms with Crippen molar-refractivity contribution in [3.05, 3.63) is 18.0 Å². The van der Waals surface area contributed by atoms with Crippen molar-refractivity contribution < 1.29 is 10.0 Å². The molecule has 1 aromatic heterocycles. The van der Waals surface area contributed by atoms with Gasteiger partial charge in [0, 0.05) is 25.5 Å². The van der Waals surface area contributed by atoms with Crippen LogP contribution in [0.2, 0.25) is 0 Å². The lowest BCUT2D eigenvalue weighted by Crippen LogP contribution is -2.47. The van der Waals surface area contributed by atoms with Crippen LogP contribution in [0, 0.1) is 11.3 Å². The fourth-order valence-corrected chi connectivity index (χ4v) is 3.67. The molecule has 1 amide bonds. The van der Waals surface area contributed by atoms with Gasteiger partial charge < -0.3 is 4.90 Å². The number of rotatable bonds is 2. The predicted molar refractivity (Wildman–Crippen MR) is 73.6 cm³/mol. The minimum absolute atomic E-state index is 0.262. The maximum absolute atomic E-state index is 11.2. The molecule has 2 fully saturated rings. The zero-order valence-electron chi connectivity index (χ0n) is 11.7. The highest BCUT2D eigenvalue weighted by Gasteiger charge is 2.43. The topological polar surface area (TPSA) is 78.4 Å². The number of aromatic nitrogens is 2. The number of hydrogen-bond donors (Lipinski definition) is 2. The molecule has 20 heavy (non-hydrogen) atoms. The minimum Gasteiger partial charge on any atom is -0.341 e. The van der Waals surface area contributed by atoms with E-state index in [1.54, 1.807) is 5.48 Å². The summed E-state index contributed by atoms with van der Waals surface area (Å²) >= 11 is 0. The molecule has 2 heterocycles. The van der Waals surface area contributed by atoms with Gasteiger partial charge in [0.2, 0.25) is 5.95 Å². The van der Waals surface area contributed by atoms with Crippen LogP contribution in [-0.4, -0.2) is 34.2 Å². The summed E-state index contributed by atoms with van der Waals surface area (Å²) in [4.78, 5) is 21.8. The van der Waals surface area contributed by atoms with E-state index in [9.17, 15) is 4.79 Å². The Labute approximate surface area is 118 Å². The molecule has 0 radical (unpaired) electrons. The molecule has 6 nitrogen and oxygen atoms in total. The zero-order chi connectivity index (χ0) is 14.2. The number of hydroxylamine groups is 1. The van der Waals surface area contributed by atoms with Crippen LogP contribution in [0.15, 0.2) is 12.4 Å². The van der Waals surface area contributed by atoms with Gasteiger partial charge in [0.25, 0.3) is 5.91 Å². The molecule has 1 aromatic rings. The number of hydrogen-bond acceptors (Lipinski definition) is 5. The fourth-order valence-electron chi connectivity index (χ4n) is 3.67. The van der Waals surface area contributed by atoms with Gasteiger partial charge in [0.05, 0.1) is 5.56 Å². The van der Waals surface area contributed by atoms with Crippen LogP contribution in [0.4, 0.5) is 5.95 Å². The first-order valence-electron chi connectivity index (χ1n) is 7.13. The minimum atomic E-state index is -0.586. The average molecular weight is 276 g/mol. The molecule has 1 spiro atoms. The van der Waals surface area contributed by atoms with E-state index >= 15 is 0 Å². The maximum Gasteiger partial charge on any atom is 0.277 e. The molecule has 0 unspecified atom stereocenters. The summed E-state index contributed by atoms with van der Waals surface area (Å²) in [7, 11) is 0. The highest BCUT2D eigenvalue weighted by molar-refractivity contribution is 5.92. The Kier molecular flexibility index (Phi) is 3.33. The largest absolute Gasteiger partial charge is 0.341 e. The van der Waals surface area contributed by atoms with Crippen molar-refractivity contribution in [2.24, 2.45) is 11.3 Å². The van der Waals surface area contributed by atoms with E-state index in [1.807, 2.05) is 0 Å². The molecular formula is C14H20N4O2. The lowest BCUT2D eigenvalue weighted by atomic mass is 9.58. The molecule has 6 heteroatoms. The predicted octanol–water partition coefficient (Wildman–Crippen LogP) is 1.61. The lowest BCUT2D eigenvalue weighted by molar-refractivity contribution is 0.0379. The third-order valence-electron chi connectivity index (χ3n) is 4.67. The normalized spacial score (nSPS) is 21.6. The summed E-state index contributed by atoms with van der Waals surface area (Å²) in [5.41, 5.74) is 2.42. The van der Waals surface area contributed by atoms with E-state index in [-0.39, 0.29) is 5.56 Å². The van der Waals surface area contributed by atoms with Crippen molar-refractivity contribution in [1.29, 1.82) is 0 Å². The third-order valence-corrected chi connectivity index (χ3v) is 4.67. The Morgan fingerprint density at radius 3 is 2.45 bits per heavy atom. The molecule has 2 aliphatic rings. The number of nitrogens with zero attached hydrogens (tertiary/aromatic N) is 3. The van der Waals surface area contributed by atoms with E-state index in [2.05, 4.69) is 21.8 Å². The number of anilines is 1. The maximum atomic E-state index is 11.2. The van der Waals surface area contributed by atoms with Crippen LogP contribution in [0.5, 0.6) is 0 Å². The number of piperidine rings is 1. The SMILES string of the molecule is CC1CC2(CCN(c3ncc(C(=O)NO)cn3)CC2)C1. The Bertz CT molecular complexity index is 486. The summed E-state index contributed by atoms with van der Waals surface area (Å²) in [6.07, 6.45) is 8.03. The van der Waals surface area contributed by atoms with E-state index in [0.717, 1.165) is 19.0 Å². The van der Waals surface area contributed by atoms with Gasteiger partial charge in [-0.3, -0.25) is 10.0 Å². The summed E-state index contributed by atoms with van der Waals surface area (Å²) in [6.45, 7) is 4.29. The van der Waals surface area contributed by atoms with Crippen LogP contribution in [0.1, 0.15) is 43.0 Å². The first-order chi connectivity index (χ1) is 9.62. The number of amides is 1. The lowest BCUT2D eigenvalue weighted by Gasteiger charge is -2.51. The second kappa shape index (κ2) is 5.01. The van der Waals surface area contributed by atoms with E-state index in [4.69, 9.17) is 5.21 Å². The molecule has 2 N–H and O–H groups in total. The smallest absolute Gasteiger partial charge is 0.277 e. The van der Waals surface area contributed by atoms with Gasteiger partial charge >= 0.3 is 0 Å². The Morgan fingerprint density at radius 2 is 1.95 bits per heavy atom. The number of carbonyl (C=O) groups is 1. The highest BCUT2D eigenvalue weighted by atomic mass is 16.5. The molecule has 1 aliphatic heterocycles. The molecule has 0 aromatic carbocycles. The molecule has 0 atom stereocenters. The first kappa shape index (κ1) is 13.3. The summed E-state index contributed by atoms with van der Waals surface area (Å²) in [6, 6.07) is 0. The molecule has 0 bridgehead atoms. The second-order valence-electron chi connectivity index (χ2n) is 6.21. The van der Waals surface area contributed by atoms with E-state index < -0.39 is 5.91 Å². The standard InChI is InChI=1S/C14H20N4O2/c1-10-6-14(7-10)2-4-18(5-3-14)13-15-8-11(9-16-13)12(19)17-20/h8-10,20H,2-7H2,1H3,(H,17,19). The van der Waals surface area contributed by atoms with Crippen LogP contribution in [0.25, 0.3) is 0 Å². The molecule has 1 saturated heterocycles. The van der Waals surface area contributed by atoms with E-state index in [0.29, 0.717) is 11.4 Å². The van der Waals surface area contributed by atoms with Gasteiger partial charge in [0.1, 0.15) is 0 Å². The Balaban J connectivity index is 1.62. The third kappa shape index (κ3) is 2.35. The van der Waals surface area contributed by atoms with Crippen molar-refractivity contribution in [2.75, 3.05) is 18.0 Å². The van der Waals surface area contributed by atoms with Crippen LogP contribution in [-0.2, 0) is 0 Å². The van der Waals surface area contributed by atoms with E-state index in [1.165, 1.54) is 38.1 Å². The zero-order valence-corrected chi connectivity index (χ0v) is 11.7. The monoisotopic (exact) mass is 276 g/mol. The summed E-state index contributed by atoms with van der Waals surface area (Å²) in [5.74, 6) is 0.966. The number of carbonyl (C=O) groups excluding carboxylic acids is 1.